The Morgan fingerprint density at radius 3 is 1.97 bits per heavy atom. The van der Waals surface area contributed by atoms with Gasteiger partial charge in [0.1, 0.15) is 0 Å². The zero-order valence-electron chi connectivity index (χ0n) is 16.6. The van der Waals surface area contributed by atoms with Gasteiger partial charge in [-0.05, 0) is 47.9 Å². The molecule has 0 bridgehead atoms. The van der Waals surface area contributed by atoms with Crippen molar-refractivity contribution in [2.45, 2.75) is 9.79 Å². The fourth-order valence-electron chi connectivity index (χ4n) is 3.17. The van der Waals surface area contributed by atoms with E-state index in [2.05, 4.69) is 4.72 Å². The largest absolute Gasteiger partial charge is 0.280 e. The molecular weight excluding hydrogens is 448 g/mol. The van der Waals surface area contributed by atoms with Crippen LogP contribution in [0.4, 0.5) is 5.69 Å². The standard InChI is InChI=1S/C23H18N2O5S2/c26-23(18-8-2-1-3-9-18)25-31(27,28)20-15-13-19(14-16-20)24-32(29,30)22-12-6-10-17-7-4-5-11-21(17)22/h1-16,24H,(H,25,26). The molecule has 7 nitrogen and oxygen atoms in total. The molecule has 0 saturated carbocycles. The maximum Gasteiger partial charge on any atom is 0.264 e. The molecule has 0 atom stereocenters. The molecule has 0 saturated heterocycles. The number of sulfonamides is 2. The highest BCUT2D eigenvalue weighted by atomic mass is 32.2. The van der Waals surface area contributed by atoms with Gasteiger partial charge in [-0.15, -0.1) is 0 Å². The minimum Gasteiger partial charge on any atom is -0.280 e. The summed E-state index contributed by atoms with van der Waals surface area (Å²) in [6.07, 6.45) is 0. The van der Waals surface area contributed by atoms with Crippen molar-refractivity contribution in [2.24, 2.45) is 0 Å². The molecule has 0 aliphatic heterocycles. The third kappa shape index (κ3) is 4.48. The molecule has 0 radical (unpaired) electrons. The first-order valence-corrected chi connectivity index (χ1v) is 12.5. The molecule has 0 spiro atoms. The number of amides is 1. The van der Waals surface area contributed by atoms with Crippen LogP contribution in [0.25, 0.3) is 10.8 Å². The summed E-state index contributed by atoms with van der Waals surface area (Å²) in [5, 5.41) is 1.36. The number of hydrogen-bond donors (Lipinski definition) is 2. The van der Waals surface area contributed by atoms with Crippen molar-refractivity contribution >= 4 is 42.4 Å². The van der Waals surface area contributed by atoms with E-state index in [0.717, 1.165) is 5.39 Å². The average molecular weight is 467 g/mol. The lowest BCUT2D eigenvalue weighted by Gasteiger charge is -2.11. The quantitative estimate of drug-likeness (QED) is 0.450. The van der Waals surface area contributed by atoms with Crippen LogP contribution in [0.15, 0.2) is 107 Å². The Balaban J connectivity index is 1.55. The van der Waals surface area contributed by atoms with Crippen molar-refractivity contribution in [2.75, 3.05) is 4.72 Å². The second kappa shape index (κ2) is 8.45. The van der Waals surface area contributed by atoms with E-state index in [4.69, 9.17) is 0 Å². The van der Waals surface area contributed by atoms with Gasteiger partial charge in [0.2, 0.25) is 0 Å². The molecule has 32 heavy (non-hydrogen) atoms. The minimum atomic E-state index is -4.13. The predicted octanol–water partition coefficient (Wildman–Crippen LogP) is 3.76. The van der Waals surface area contributed by atoms with Crippen LogP contribution in [0, 0.1) is 0 Å². The lowest BCUT2D eigenvalue weighted by atomic mass is 10.1. The van der Waals surface area contributed by atoms with Crippen LogP contribution >= 0.6 is 0 Å². The highest BCUT2D eigenvalue weighted by Crippen LogP contribution is 2.25. The van der Waals surface area contributed by atoms with E-state index in [1.54, 1.807) is 36.4 Å². The highest BCUT2D eigenvalue weighted by molar-refractivity contribution is 7.93. The van der Waals surface area contributed by atoms with Gasteiger partial charge in [-0.2, -0.15) is 0 Å². The molecule has 0 aliphatic rings. The Bertz CT molecular complexity index is 1490. The third-order valence-electron chi connectivity index (χ3n) is 4.72. The van der Waals surface area contributed by atoms with E-state index in [0.29, 0.717) is 5.39 Å². The minimum absolute atomic E-state index is 0.113. The number of fused-ring (bicyclic) bond motifs is 1. The average Bonchev–Trinajstić information content (AvgIpc) is 2.79. The van der Waals surface area contributed by atoms with Crippen molar-refractivity contribution < 1.29 is 21.6 Å². The van der Waals surface area contributed by atoms with E-state index >= 15 is 0 Å². The summed E-state index contributed by atoms with van der Waals surface area (Å²) in [6, 6.07) is 25.1. The van der Waals surface area contributed by atoms with Gasteiger partial charge in [-0.1, -0.05) is 54.6 Å². The fourth-order valence-corrected chi connectivity index (χ4v) is 5.44. The number of rotatable bonds is 6. The summed E-state index contributed by atoms with van der Waals surface area (Å²) >= 11 is 0. The van der Waals surface area contributed by atoms with Gasteiger partial charge in [-0.3, -0.25) is 9.52 Å². The molecule has 1 amide bonds. The van der Waals surface area contributed by atoms with Crippen molar-refractivity contribution in [1.82, 2.24) is 4.72 Å². The number of anilines is 1. The number of nitrogens with one attached hydrogen (secondary N) is 2. The van der Waals surface area contributed by atoms with Crippen molar-refractivity contribution in [3.05, 3.63) is 103 Å². The van der Waals surface area contributed by atoms with E-state index < -0.39 is 26.0 Å². The smallest absolute Gasteiger partial charge is 0.264 e. The van der Waals surface area contributed by atoms with Gasteiger partial charge in [0, 0.05) is 16.6 Å². The molecule has 2 N–H and O–H groups in total. The van der Waals surface area contributed by atoms with Crippen LogP contribution < -0.4 is 9.44 Å². The summed E-state index contributed by atoms with van der Waals surface area (Å²) in [5.41, 5.74) is 0.391. The molecule has 4 aromatic rings. The monoisotopic (exact) mass is 466 g/mol. The maximum absolute atomic E-state index is 12.9. The van der Waals surface area contributed by atoms with Crippen LogP contribution in [0.3, 0.4) is 0 Å². The molecule has 0 fully saturated rings. The Morgan fingerprint density at radius 1 is 0.625 bits per heavy atom. The lowest BCUT2D eigenvalue weighted by molar-refractivity contribution is 0.0981. The van der Waals surface area contributed by atoms with Crippen molar-refractivity contribution in [1.29, 1.82) is 0 Å². The molecular formula is C23H18N2O5S2. The summed E-state index contributed by atoms with van der Waals surface area (Å²) < 4.78 is 55.3. The number of carbonyl (C=O) groups excluding carboxylic acids is 1. The summed E-state index contributed by atoms with van der Waals surface area (Å²) in [7, 11) is -8.04. The molecule has 9 heteroatoms. The van der Waals surface area contributed by atoms with Crippen LogP contribution in [0.1, 0.15) is 10.4 Å². The van der Waals surface area contributed by atoms with Crippen LogP contribution in [0.2, 0.25) is 0 Å². The lowest BCUT2D eigenvalue weighted by Crippen LogP contribution is -2.30. The maximum atomic E-state index is 12.9. The predicted molar refractivity (Wildman–Crippen MR) is 122 cm³/mol. The first-order valence-electron chi connectivity index (χ1n) is 9.49. The Kier molecular flexibility index (Phi) is 5.68. The number of carbonyl (C=O) groups is 1. The van der Waals surface area contributed by atoms with E-state index in [1.165, 1.54) is 42.5 Å². The Hall–Kier alpha value is -3.69. The molecule has 0 aromatic heterocycles. The van der Waals surface area contributed by atoms with Gasteiger partial charge in [0.25, 0.3) is 26.0 Å². The van der Waals surface area contributed by atoms with Crippen molar-refractivity contribution in [3.63, 3.8) is 0 Å². The number of hydrogen-bond acceptors (Lipinski definition) is 5. The molecule has 4 rings (SSSR count). The van der Waals surface area contributed by atoms with E-state index in [-0.39, 0.29) is 21.0 Å². The van der Waals surface area contributed by atoms with Crippen LogP contribution in [0.5, 0.6) is 0 Å². The summed E-state index contributed by atoms with van der Waals surface area (Å²) in [4.78, 5) is 12.1. The molecule has 0 heterocycles. The normalized spacial score (nSPS) is 11.8. The van der Waals surface area contributed by atoms with Crippen LogP contribution in [-0.2, 0) is 20.0 Å². The van der Waals surface area contributed by atoms with E-state index in [1.807, 2.05) is 22.9 Å². The second-order valence-electron chi connectivity index (χ2n) is 6.91. The summed E-state index contributed by atoms with van der Waals surface area (Å²) in [5.74, 6) is -0.758. The zero-order chi connectivity index (χ0) is 22.8. The molecule has 4 aromatic carbocycles. The SMILES string of the molecule is O=C(NS(=O)(=O)c1ccc(NS(=O)(=O)c2cccc3ccccc23)cc1)c1ccccc1. The van der Waals surface area contributed by atoms with Gasteiger partial charge in [0.15, 0.2) is 0 Å². The topological polar surface area (TPSA) is 109 Å². The van der Waals surface area contributed by atoms with E-state index in [9.17, 15) is 21.6 Å². The highest BCUT2D eigenvalue weighted by Gasteiger charge is 2.20. The zero-order valence-corrected chi connectivity index (χ0v) is 18.2. The Morgan fingerprint density at radius 2 is 1.25 bits per heavy atom. The first kappa shape index (κ1) is 21.5. The first-order chi connectivity index (χ1) is 15.3. The second-order valence-corrected chi connectivity index (χ2v) is 10.2. The van der Waals surface area contributed by atoms with Gasteiger partial charge in [0.05, 0.1) is 9.79 Å². The van der Waals surface area contributed by atoms with Crippen LogP contribution in [-0.4, -0.2) is 22.7 Å². The van der Waals surface area contributed by atoms with Crippen molar-refractivity contribution in [3.8, 4) is 0 Å². The van der Waals surface area contributed by atoms with Gasteiger partial charge < -0.3 is 0 Å². The summed E-state index contributed by atoms with van der Waals surface area (Å²) in [6.45, 7) is 0. The van der Waals surface area contributed by atoms with Gasteiger partial charge >= 0.3 is 0 Å². The molecule has 0 aliphatic carbocycles. The molecule has 162 valence electrons. The Labute approximate surface area is 185 Å². The third-order valence-corrected chi connectivity index (χ3v) is 7.51. The van der Waals surface area contributed by atoms with Gasteiger partial charge in [-0.25, -0.2) is 21.6 Å². The molecule has 0 unspecified atom stereocenters. The number of benzene rings is 4. The fraction of sp³-hybridized carbons (Fsp3) is 0.